The third kappa shape index (κ3) is 4.26. The summed E-state index contributed by atoms with van der Waals surface area (Å²) in [6, 6.07) is 22.2. The highest BCUT2D eigenvalue weighted by Crippen LogP contribution is 2.43. The number of para-hydroxylation sites is 1. The zero-order valence-electron chi connectivity index (χ0n) is 17.5. The molecule has 0 spiro atoms. The summed E-state index contributed by atoms with van der Waals surface area (Å²) in [6.07, 6.45) is -4.44. The molecule has 31 heavy (non-hydrogen) atoms. The summed E-state index contributed by atoms with van der Waals surface area (Å²) >= 11 is 0. The van der Waals surface area contributed by atoms with Gasteiger partial charge < -0.3 is 4.74 Å². The molecule has 1 aliphatic heterocycles. The van der Waals surface area contributed by atoms with E-state index in [2.05, 4.69) is 4.99 Å². The first-order valence-corrected chi connectivity index (χ1v) is 9.98. The molecule has 3 aromatic carbocycles. The van der Waals surface area contributed by atoms with Crippen LogP contribution in [0.25, 0.3) is 11.3 Å². The van der Waals surface area contributed by atoms with Gasteiger partial charge in [0.05, 0.1) is 11.3 Å². The third-order valence-electron chi connectivity index (χ3n) is 4.98. The fraction of sp³-hybridized carbons (Fsp3) is 0.192. The van der Waals surface area contributed by atoms with Crippen molar-refractivity contribution in [3.63, 3.8) is 0 Å². The summed E-state index contributed by atoms with van der Waals surface area (Å²) in [5.74, 6) is 1.02. The van der Waals surface area contributed by atoms with Gasteiger partial charge in [-0.05, 0) is 35.4 Å². The van der Waals surface area contributed by atoms with Gasteiger partial charge in [-0.15, -0.1) is 0 Å². The van der Waals surface area contributed by atoms with Crippen molar-refractivity contribution in [2.75, 3.05) is 0 Å². The SMILES string of the molecule is CC(C)(C)C1=Nc2ccccc2/C(=C(/c2ccccc2)c2cccc(C(F)(F)F)c2)O1. The summed E-state index contributed by atoms with van der Waals surface area (Å²) < 4.78 is 46.7. The van der Waals surface area contributed by atoms with Crippen molar-refractivity contribution in [3.05, 3.63) is 101 Å². The van der Waals surface area contributed by atoms with Crippen LogP contribution < -0.4 is 0 Å². The van der Waals surface area contributed by atoms with Gasteiger partial charge in [-0.2, -0.15) is 13.2 Å². The molecule has 0 saturated carbocycles. The van der Waals surface area contributed by atoms with E-state index in [4.69, 9.17) is 4.74 Å². The number of fused-ring (bicyclic) bond motifs is 1. The molecule has 0 bridgehead atoms. The molecule has 3 aromatic rings. The first-order chi connectivity index (χ1) is 14.6. The van der Waals surface area contributed by atoms with Crippen molar-refractivity contribution >= 4 is 22.9 Å². The highest BCUT2D eigenvalue weighted by Gasteiger charge is 2.33. The summed E-state index contributed by atoms with van der Waals surface area (Å²) in [7, 11) is 0. The molecule has 0 saturated heterocycles. The van der Waals surface area contributed by atoms with Crippen molar-refractivity contribution in [2.45, 2.75) is 26.9 Å². The van der Waals surface area contributed by atoms with E-state index in [9.17, 15) is 13.2 Å². The molecule has 0 amide bonds. The van der Waals surface area contributed by atoms with E-state index in [0.717, 1.165) is 22.9 Å². The van der Waals surface area contributed by atoms with Crippen LogP contribution in [0.15, 0.2) is 83.9 Å². The normalized spacial score (nSPS) is 15.6. The number of hydrogen-bond donors (Lipinski definition) is 0. The third-order valence-corrected chi connectivity index (χ3v) is 4.98. The first kappa shape index (κ1) is 20.9. The summed E-state index contributed by atoms with van der Waals surface area (Å²) in [5, 5.41) is 0. The van der Waals surface area contributed by atoms with Crippen LogP contribution in [0, 0.1) is 5.41 Å². The second-order valence-electron chi connectivity index (χ2n) is 8.43. The second-order valence-corrected chi connectivity index (χ2v) is 8.43. The Morgan fingerprint density at radius 2 is 1.42 bits per heavy atom. The number of benzene rings is 3. The van der Waals surface area contributed by atoms with Gasteiger partial charge in [-0.25, -0.2) is 4.99 Å². The first-order valence-electron chi connectivity index (χ1n) is 9.98. The van der Waals surface area contributed by atoms with Crippen LogP contribution in [0.4, 0.5) is 18.9 Å². The summed E-state index contributed by atoms with van der Waals surface area (Å²) in [5.41, 5.74) is 2.18. The molecule has 1 heterocycles. The molecule has 5 heteroatoms. The molecule has 2 nitrogen and oxygen atoms in total. The van der Waals surface area contributed by atoms with E-state index >= 15 is 0 Å². The standard InChI is InChI=1S/C26H22F3NO/c1-25(2,3)24-30-21-15-8-7-14-20(21)23(31-24)22(17-10-5-4-6-11-17)18-12-9-13-19(16-18)26(27,28)29/h4-16H,1-3H3/b23-22+. The molecule has 0 radical (unpaired) electrons. The van der Waals surface area contributed by atoms with E-state index in [1.54, 1.807) is 6.07 Å². The number of nitrogens with zero attached hydrogens (tertiary/aromatic N) is 1. The molecule has 0 fully saturated rings. The molecule has 1 aliphatic rings. The fourth-order valence-corrected chi connectivity index (χ4v) is 3.44. The average molecular weight is 421 g/mol. The van der Waals surface area contributed by atoms with Crippen LogP contribution in [0.2, 0.25) is 0 Å². The van der Waals surface area contributed by atoms with Gasteiger partial charge in [0.1, 0.15) is 5.76 Å². The van der Waals surface area contributed by atoms with Gasteiger partial charge >= 0.3 is 6.18 Å². The lowest BCUT2D eigenvalue weighted by atomic mass is 9.91. The number of ether oxygens (including phenoxy) is 1. The lowest BCUT2D eigenvalue weighted by Gasteiger charge is -2.29. The number of halogens is 3. The van der Waals surface area contributed by atoms with E-state index in [1.807, 2.05) is 75.4 Å². The summed E-state index contributed by atoms with van der Waals surface area (Å²) in [4.78, 5) is 4.67. The van der Waals surface area contributed by atoms with Gasteiger partial charge in [0.25, 0.3) is 0 Å². The molecule has 158 valence electrons. The Balaban J connectivity index is 2.04. The Morgan fingerprint density at radius 3 is 2.10 bits per heavy atom. The molecular formula is C26H22F3NO. The van der Waals surface area contributed by atoms with Crippen molar-refractivity contribution in [1.29, 1.82) is 0 Å². The highest BCUT2D eigenvalue weighted by atomic mass is 19.4. The maximum Gasteiger partial charge on any atom is 0.416 e. The van der Waals surface area contributed by atoms with Crippen molar-refractivity contribution < 1.29 is 17.9 Å². The van der Waals surface area contributed by atoms with Gasteiger partial charge in [-0.1, -0.05) is 75.4 Å². The minimum Gasteiger partial charge on any atom is -0.441 e. The molecule has 0 aromatic heterocycles. The summed E-state index contributed by atoms with van der Waals surface area (Å²) in [6.45, 7) is 5.97. The largest absolute Gasteiger partial charge is 0.441 e. The van der Waals surface area contributed by atoms with E-state index in [1.165, 1.54) is 12.1 Å². The molecular weight excluding hydrogens is 399 g/mol. The Morgan fingerprint density at radius 1 is 0.774 bits per heavy atom. The predicted octanol–water partition coefficient (Wildman–Crippen LogP) is 7.73. The number of alkyl halides is 3. The Bertz CT molecular complexity index is 1170. The Kier molecular flexibility index (Phi) is 5.21. The van der Waals surface area contributed by atoms with Crippen molar-refractivity contribution in [2.24, 2.45) is 10.4 Å². The molecule has 0 N–H and O–H groups in total. The average Bonchev–Trinajstić information content (AvgIpc) is 2.73. The molecule has 0 unspecified atom stereocenters. The monoisotopic (exact) mass is 421 g/mol. The number of hydrogen-bond acceptors (Lipinski definition) is 2. The maximum atomic E-state index is 13.5. The van der Waals surface area contributed by atoms with Crippen molar-refractivity contribution in [1.82, 2.24) is 0 Å². The van der Waals surface area contributed by atoms with Crippen LogP contribution in [0.3, 0.4) is 0 Å². The Hall–Kier alpha value is -3.34. The quantitative estimate of drug-likeness (QED) is 0.415. The minimum absolute atomic E-state index is 0.381. The lowest BCUT2D eigenvalue weighted by molar-refractivity contribution is -0.137. The highest BCUT2D eigenvalue weighted by molar-refractivity contribution is 6.04. The number of aliphatic imine (C=N–C) groups is 1. The molecule has 0 aliphatic carbocycles. The van der Waals surface area contributed by atoms with Gasteiger partial charge in [0.2, 0.25) is 5.90 Å². The topological polar surface area (TPSA) is 21.6 Å². The van der Waals surface area contributed by atoms with Crippen LogP contribution in [-0.4, -0.2) is 5.90 Å². The predicted molar refractivity (Wildman–Crippen MR) is 118 cm³/mol. The van der Waals surface area contributed by atoms with Crippen LogP contribution in [0.5, 0.6) is 0 Å². The molecule has 4 rings (SSSR count). The van der Waals surface area contributed by atoms with Gasteiger partial charge in [-0.3, -0.25) is 0 Å². The van der Waals surface area contributed by atoms with Gasteiger partial charge in [0.15, 0.2) is 0 Å². The van der Waals surface area contributed by atoms with Crippen LogP contribution >= 0.6 is 0 Å². The number of rotatable bonds is 2. The van der Waals surface area contributed by atoms with Gasteiger partial charge in [0, 0.05) is 16.6 Å². The maximum absolute atomic E-state index is 13.5. The smallest absolute Gasteiger partial charge is 0.416 e. The van der Waals surface area contributed by atoms with E-state index in [0.29, 0.717) is 22.8 Å². The van der Waals surface area contributed by atoms with Crippen molar-refractivity contribution in [3.8, 4) is 0 Å². The van der Waals surface area contributed by atoms with Crippen LogP contribution in [0.1, 0.15) is 43.0 Å². The molecule has 0 atom stereocenters. The zero-order valence-corrected chi connectivity index (χ0v) is 17.5. The van der Waals surface area contributed by atoms with E-state index < -0.39 is 11.7 Å². The second kappa shape index (κ2) is 7.73. The fourth-order valence-electron chi connectivity index (χ4n) is 3.44. The zero-order chi connectivity index (χ0) is 22.2. The van der Waals surface area contributed by atoms with Crippen LogP contribution in [-0.2, 0) is 10.9 Å². The van der Waals surface area contributed by atoms with E-state index in [-0.39, 0.29) is 5.41 Å². The Labute approximate surface area is 179 Å². The minimum atomic E-state index is -4.44. The lowest BCUT2D eigenvalue weighted by Crippen LogP contribution is -2.25.